The van der Waals surface area contributed by atoms with Gasteiger partial charge in [0, 0.05) is 25.9 Å². The molecule has 0 aliphatic carbocycles. The number of hydrogen-bond acceptors (Lipinski definition) is 4. The largest absolute Gasteiger partial charge is 0.496 e. The van der Waals surface area contributed by atoms with Crippen molar-refractivity contribution >= 4 is 23.1 Å². The van der Waals surface area contributed by atoms with Gasteiger partial charge in [-0.25, -0.2) is 0 Å². The van der Waals surface area contributed by atoms with Crippen molar-refractivity contribution in [3.63, 3.8) is 0 Å². The molecule has 5 nitrogen and oxygen atoms in total. The van der Waals surface area contributed by atoms with Gasteiger partial charge in [0.15, 0.2) is 5.78 Å². The Kier molecular flexibility index (Phi) is 7.43. The third kappa shape index (κ3) is 5.81. The van der Waals surface area contributed by atoms with Crippen LogP contribution in [0.25, 0.3) is 0 Å². The van der Waals surface area contributed by atoms with E-state index in [-0.39, 0.29) is 24.3 Å². The zero-order valence-electron chi connectivity index (χ0n) is 18.2. The molecule has 172 valence electrons. The van der Waals surface area contributed by atoms with Crippen LogP contribution in [0, 0.1) is 6.92 Å². The molecule has 0 aromatic heterocycles. The third-order valence-corrected chi connectivity index (χ3v) is 5.53. The van der Waals surface area contributed by atoms with Gasteiger partial charge in [-0.1, -0.05) is 11.6 Å². The van der Waals surface area contributed by atoms with E-state index >= 15 is 0 Å². The summed E-state index contributed by atoms with van der Waals surface area (Å²) in [6, 6.07) is 8.61. The Morgan fingerprint density at radius 2 is 1.75 bits per heavy atom. The second-order valence-electron chi connectivity index (χ2n) is 7.95. The Balaban J connectivity index is 1.74. The Hall–Kier alpha value is -3.03. The van der Waals surface area contributed by atoms with Crippen LogP contribution in [0.2, 0.25) is 0 Å². The first-order chi connectivity index (χ1) is 15.2. The van der Waals surface area contributed by atoms with E-state index in [1.165, 1.54) is 13.2 Å². The summed E-state index contributed by atoms with van der Waals surface area (Å²) in [6.45, 7) is 3.29. The number of anilines is 2. The van der Waals surface area contributed by atoms with E-state index in [9.17, 15) is 22.8 Å². The fraction of sp³-hybridized carbons (Fsp3) is 0.417. The average molecular weight is 448 g/mol. The summed E-state index contributed by atoms with van der Waals surface area (Å²) >= 11 is 0. The minimum absolute atomic E-state index is 0.0797. The standard InChI is InChI=1S/C24H27F3N2O3/c1-16-6-10-22(32-2)18(14-16)21(30)9-11-23(31)28-19-15-17(24(25,26)27)7-8-20(19)29-12-4-3-5-13-29/h6-8,10,14-15H,3-5,9,11-13H2,1-2H3,(H,28,31). The molecule has 0 saturated carbocycles. The van der Waals surface area contributed by atoms with Gasteiger partial charge in [0.25, 0.3) is 0 Å². The molecular weight excluding hydrogens is 421 g/mol. The maximum absolute atomic E-state index is 13.2. The highest BCUT2D eigenvalue weighted by molar-refractivity contribution is 6.02. The van der Waals surface area contributed by atoms with Gasteiger partial charge in [0.2, 0.25) is 5.91 Å². The molecule has 2 aromatic rings. The number of piperidine rings is 1. The first-order valence-electron chi connectivity index (χ1n) is 10.6. The number of amides is 1. The normalized spacial score (nSPS) is 14.2. The summed E-state index contributed by atoms with van der Waals surface area (Å²) in [4.78, 5) is 27.2. The molecule has 1 fully saturated rings. The second-order valence-corrected chi connectivity index (χ2v) is 7.95. The first kappa shape index (κ1) is 23.6. The summed E-state index contributed by atoms with van der Waals surface area (Å²) in [5.41, 5.74) is 1.13. The molecule has 0 spiro atoms. The predicted octanol–water partition coefficient (Wildman–Crippen LogP) is 5.61. The number of benzene rings is 2. The van der Waals surface area contributed by atoms with Crippen molar-refractivity contribution in [3.8, 4) is 5.75 Å². The van der Waals surface area contributed by atoms with Gasteiger partial charge in [-0.05, 0) is 56.5 Å². The van der Waals surface area contributed by atoms with Gasteiger partial charge in [-0.3, -0.25) is 9.59 Å². The number of ether oxygens (including phenoxy) is 1. The number of halogens is 3. The highest BCUT2D eigenvalue weighted by Gasteiger charge is 2.32. The number of nitrogens with zero attached hydrogens (tertiary/aromatic N) is 1. The molecule has 32 heavy (non-hydrogen) atoms. The van der Waals surface area contributed by atoms with Crippen LogP contribution < -0.4 is 15.0 Å². The fourth-order valence-electron chi connectivity index (χ4n) is 3.84. The molecule has 0 radical (unpaired) electrons. The van der Waals surface area contributed by atoms with Crippen LogP contribution in [0.15, 0.2) is 36.4 Å². The van der Waals surface area contributed by atoms with E-state index in [2.05, 4.69) is 5.32 Å². The van der Waals surface area contributed by atoms with Crippen molar-refractivity contribution in [2.45, 2.75) is 45.2 Å². The smallest absolute Gasteiger partial charge is 0.416 e. The van der Waals surface area contributed by atoms with Gasteiger partial charge in [0.05, 0.1) is 29.6 Å². The summed E-state index contributed by atoms with van der Waals surface area (Å²) < 4.78 is 44.9. The van der Waals surface area contributed by atoms with Crippen LogP contribution in [-0.4, -0.2) is 31.9 Å². The van der Waals surface area contributed by atoms with Crippen molar-refractivity contribution in [3.05, 3.63) is 53.1 Å². The molecule has 1 N–H and O–H groups in total. The lowest BCUT2D eigenvalue weighted by Gasteiger charge is -2.31. The average Bonchev–Trinajstić information content (AvgIpc) is 2.77. The number of aryl methyl sites for hydroxylation is 1. The minimum atomic E-state index is -4.52. The third-order valence-electron chi connectivity index (χ3n) is 5.53. The number of methoxy groups -OCH3 is 1. The maximum Gasteiger partial charge on any atom is 0.416 e. The van der Waals surface area contributed by atoms with Crippen molar-refractivity contribution in [1.29, 1.82) is 0 Å². The van der Waals surface area contributed by atoms with E-state index in [0.29, 0.717) is 17.0 Å². The molecule has 8 heteroatoms. The van der Waals surface area contributed by atoms with Crippen molar-refractivity contribution < 1.29 is 27.5 Å². The quantitative estimate of drug-likeness (QED) is 0.559. The molecule has 1 amide bonds. The monoisotopic (exact) mass is 448 g/mol. The lowest BCUT2D eigenvalue weighted by molar-refractivity contribution is -0.137. The summed E-state index contributed by atoms with van der Waals surface area (Å²) in [6.07, 6.45) is -1.78. The Morgan fingerprint density at radius 3 is 2.41 bits per heavy atom. The number of alkyl halides is 3. The van der Waals surface area contributed by atoms with E-state index in [1.807, 2.05) is 17.9 Å². The Labute approximate surface area is 185 Å². The number of hydrogen-bond donors (Lipinski definition) is 1. The fourth-order valence-corrected chi connectivity index (χ4v) is 3.84. The number of carbonyl (C=O) groups excluding carboxylic acids is 2. The number of rotatable bonds is 7. The molecule has 3 rings (SSSR count). The lowest BCUT2D eigenvalue weighted by atomic mass is 10.0. The molecule has 1 aliphatic rings. The van der Waals surface area contributed by atoms with Gasteiger partial charge in [-0.2, -0.15) is 13.2 Å². The van der Waals surface area contributed by atoms with Gasteiger partial charge in [0.1, 0.15) is 5.75 Å². The maximum atomic E-state index is 13.2. The topological polar surface area (TPSA) is 58.6 Å². The summed E-state index contributed by atoms with van der Waals surface area (Å²) in [5, 5.41) is 2.60. The molecule has 0 atom stereocenters. The van der Waals surface area contributed by atoms with Crippen LogP contribution >= 0.6 is 0 Å². The second kappa shape index (κ2) is 10.1. The van der Waals surface area contributed by atoms with E-state index in [4.69, 9.17) is 4.74 Å². The summed E-state index contributed by atoms with van der Waals surface area (Å²) in [5.74, 6) is -0.352. The molecular formula is C24H27F3N2O3. The van der Waals surface area contributed by atoms with Crippen LogP contribution in [0.3, 0.4) is 0 Å². The summed E-state index contributed by atoms with van der Waals surface area (Å²) in [7, 11) is 1.46. The molecule has 0 unspecified atom stereocenters. The lowest BCUT2D eigenvalue weighted by Crippen LogP contribution is -2.30. The van der Waals surface area contributed by atoms with Crippen LogP contribution in [0.4, 0.5) is 24.5 Å². The molecule has 1 saturated heterocycles. The molecule has 1 heterocycles. The van der Waals surface area contributed by atoms with Crippen LogP contribution in [0.1, 0.15) is 53.6 Å². The van der Waals surface area contributed by atoms with E-state index in [0.717, 1.165) is 50.0 Å². The first-order valence-corrected chi connectivity index (χ1v) is 10.6. The Bertz CT molecular complexity index is 983. The number of Topliss-reactive ketones (excluding diaryl/α,β-unsaturated/α-hetero) is 1. The zero-order valence-corrected chi connectivity index (χ0v) is 18.2. The number of ketones is 1. The molecule has 1 aliphatic heterocycles. The number of carbonyl (C=O) groups is 2. The Morgan fingerprint density at radius 1 is 1.03 bits per heavy atom. The van der Waals surface area contributed by atoms with Crippen LogP contribution in [-0.2, 0) is 11.0 Å². The minimum Gasteiger partial charge on any atom is -0.496 e. The molecule has 0 bridgehead atoms. The van der Waals surface area contributed by atoms with Crippen molar-refractivity contribution in [2.24, 2.45) is 0 Å². The predicted molar refractivity (Wildman–Crippen MR) is 117 cm³/mol. The van der Waals surface area contributed by atoms with Gasteiger partial charge in [-0.15, -0.1) is 0 Å². The van der Waals surface area contributed by atoms with Gasteiger partial charge >= 0.3 is 6.18 Å². The van der Waals surface area contributed by atoms with Crippen molar-refractivity contribution in [2.75, 3.05) is 30.4 Å². The highest BCUT2D eigenvalue weighted by Crippen LogP contribution is 2.36. The highest BCUT2D eigenvalue weighted by atomic mass is 19.4. The molecule has 2 aromatic carbocycles. The van der Waals surface area contributed by atoms with Gasteiger partial charge < -0.3 is 15.0 Å². The van der Waals surface area contributed by atoms with E-state index in [1.54, 1.807) is 12.1 Å². The number of nitrogens with one attached hydrogen (secondary N) is 1. The van der Waals surface area contributed by atoms with Crippen LogP contribution in [0.5, 0.6) is 5.75 Å². The zero-order chi connectivity index (χ0) is 23.3. The van der Waals surface area contributed by atoms with Crippen molar-refractivity contribution in [1.82, 2.24) is 0 Å². The van der Waals surface area contributed by atoms with E-state index < -0.39 is 17.6 Å². The SMILES string of the molecule is COc1ccc(C)cc1C(=O)CCC(=O)Nc1cc(C(F)(F)F)ccc1N1CCCCC1.